The van der Waals surface area contributed by atoms with Gasteiger partial charge in [-0.25, -0.2) is 4.98 Å². The highest BCUT2D eigenvalue weighted by atomic mass is 16.6. The van der Waals surface area contributed by atoms with E-state index >= 15 is 0 Å². The van der Waals surface area contributed by atoms with Crippen LogP contribution in [0.4, 0.5) is 5.69 Å². The molecule has 0 aliphatic carbocycles. The maximum atomic E-state index is 10.9. The Morgan fingerprint density at radius 2 is 2.26 bits per heavy atom. The number of nitro benzene ring substituents is 1. The summed E-state index contributed by atoms with van der Waals surface area (Å²) in [5.74, 6) is 0.178. The number of hydrogen-bond donors (Lipinski definition) is 1. The predicted octanol–water partition coefficient (Wildman–Crippen LogP) is 0.867. The molecule has 1 aromatic carbocycles. The van der Waals surface area contributed by atoms with Gasteiger partial charge in [0.1, 0.15) is 12.4 Å². The maximum absolute atomic E-state index is 10.9. The van der Waals surface area contributed by atoms with E-state index in [-0.39, 0.29) is 12.2 Å². The minimum atomic E-state index is -0.460. The average molecular weight is 260 g/mol. The molecular weight excluding hydrogens is 248 g/mol. The second kappa shape index (κ2) is 5.30. The number of hydrogen-bond acceptors (Lipinski definition) is 4. The molecule has 2 rings (SSSR count). The summed E-state index contributed by atoms with van der Waals surface area (Å²) in [6.45, 7) is 0.0459. The summed E-state index contributed by atoms with van der Waals surface area (Å²) >= 11 is 0. The molecule has 7 nitrogen and oxygen atoms in total. The lowest BCUT2D eigenvalue weighted by molar-refractivity contribution is -0.384. The van der Waals surface area contributed by atoms with Gasteiger partial charge in [-0.05, 0) is 5.56 Å². The third kappa shape index (κ3) is 3.15. The number of non-ortho nitro benzene ring substituents is 1. The summed E-state index contributed by atoms with van der Waals surface area (Å²) in [6.07, 6.45) is 3.62. The Bertz CT molecular complexity index is 621. The molecule has 0 aliphatic rings. The van der Waals surface area contributed by atoms with Crippen molar-refractivity contribution in [3.8, 4) is 0 Å². The Kier molecular flexibility index (Phi) is 3.56. The Hall–Kier alpha value is -2.70. The minimum Gasteiger partial charge on any atom is -0.368 e. The molecule has 0 saturated carbocycles. The number of carbonyl (C=O) groups is 1. The van der Waals surface area contributed by atoms with E-state index in [1.54, 1.807) is 29.1 Å². The predicted molar refractivity (Wildman–Crippen MR) is 67.3 cm³/mol. The Morgan fingerprint density at radius 1 is 1.47 bits per heavy atom. The van der Waals surface area contributed by atoms with Gasteiger partial charge in [0.25, 0.3) is 5.69 Å². The lowest BCUT2D eigenvalue weighted by Gasteiger charge is -2.05. The lowest BCUT2D eigenvalue weighted by atomic mass is 10.1. The number of rotatable bonds is 5. The van der Waals surface area contributed by atoms with E-state index in [0.717, 1.165) is 5.56 Å². The molecule has 0 bridgehead atoms. The third-order valence-electron chi connectivity index (χ3n) is 2.61. The van der Waals surface area contributed by atoms with E-state index in [0.29, 0.717) is 12.2 Å². The van der Waals surface area contributed by atoms with Crippen LogP contribution in [0.15, 0.2) is 36.7 Å². The van der Waals surface area contributed by atoms with Crippen LogP contribution >= 0.6 is 0 Å². The molecule has 98 valence electrons. The van der Waals surface area contributed by atoms with Gasteiger partial charge in [-0.15, -0.1) is 0 Å². The third-order valence-corrected chi connectivity index (χ3v) is 2.61. The number of aromatic nitrogens is 2. The molecular formula is C12H12N4O3. The summed E-state index contributed by atoms with van der Waals surface area (Å²) in [6, 6.07) is 6.31. The molecule has 0 aliphatic heterocycles. The molecule has 0 radical (unpaired) electrons. The minimum absolute atomic E-state index is 0.0329. The molecule has 1 amide bonds. The van der Waals surface area contributed by atoms with Crippen LogP contribution in [0.25, 0.3) is 0 Å². The number of nitrogens with zero attached hydrogens (tertiary/aromatic N) is 3. The molecule has 0 fully saturated rings. The van der Waals surface area contributed by atoms with E-state index in [4.69, 9.17) is 5.73 Å². The van der Waals surface area contributed by atoms with Gasteiger partial charge >= 0.3 is 0 Å². The van der Waals surface area contributed by atoms with Crippen molar-refractivity contribution in [3.05, 3.63) is 58.2 Å². The number of amides is 1. The SMILES string of the molecule is NC(=O)Cn1ccnc1Cc1cccc([N+](=O)[O-])c1. The van der Waals surface area contributed by atoms with Crippen LogP contribution in [0, 0.1) is 10.1 Å². The number of imidazole rings is 1. The van der Waals surface area contributed by atoms with Crippen LogP contribution in [0.2, 0.25) is 0 Å². The largest absolute Gasteiger partial charge is 0.368 e. The lowest BCUT2D eigenvalue weighted by Crippen LogP contribution is -2.19. The molecule has 2 N–H and O–H groups in total. The quantitative estimate of drug-likeness (QED) is 0.636. The van der Waals surface area contributed by atoms with Crippen LogP contribution in [0.3, 0.4) is 0 Å². The molecule has 7 heteroatoms. The van der Waals surface area contributed by atoms with Crippen molar-refractivity contribution in [2.24, 2.45) is 5.73 Å². The Labute approximate surface area is 108 Å². The number of nitro groups is 1. The van der Waals surface area contributed by atoms with Gasteiger partial charge in [0.05, 0.1) is 4.92 Å². The first-order valence-electron chi connectivity index (χ1n) is 5.58. The van der Waals surface area contributed by atoms with Gasteiger partial charge in [0.2, 0.25) is 5.91 Å². The molecule has 0 unspecified atom stereocenters. The van der Waals surface area contributed by atoms with E-state index in [1.165, 1.54) is 12.1 Å². The maximum Gasteiger partial charge on any atom is 0.269 e. The summed E-state index contributed by atoms with van der Waals surface area (Å²) in [5.41, 5.74) is 5.92. The number of primary amides is 1. The Balaban J connectivity index is 2.21. The van der Waals surface area contributed by atoms with Crippen molar-refractivity contribution in [1.29, 1.82) is 0 Å². The van der Waals surface area contributed by atoms with Gasteiger partial charge in [0, 0.05) is 30.9 Å². The summed E-state index contributed by atoms with van der Waals surface area (Å²) in [7, 11) is 0. The van der Waals surface area contributed by atoms with E-state index < -0.39 is 10.8 Å². The normalized spacial score (nSPS) is 10.3. The van der Waals surface area contributed by atoms with Crippen LogP contribution in [0.1, 0.15) is 11.4 Å². The molecule has 1 aromatic heterocycles. The first-order chi connectivity index (χ1) is 9.06. The van der Waals surface area contributed by atoms with Gasteiger partial charge in [0.15, 0.2) is 0 Å². The van der Waals surface area contributed by atoms with Crippen LogP contribution < -0.4 is 5.73 Å². The zero-order valence-electron chi connectivity index (χ0n) is 10.0. The zero-order chi connectivity index (χ0) is 13.8. The van der Waals surface area contributed by atoms with Gasteiger partial charge in [-0.1, -0.05) is 12.1 Å². The highest BCUT2D eigenvalue weighted by Gasteiger charge is 2.09. The smallest absolute Gasteiger partial charge is 0.269 e. The van der Waals surface area contributed by atoms with Crippen molar-refractivity contribution in [1.82, 2.24) is 9.55 Å². The number of carbonyl (C=O) groups excluding carboxylic acids is 1. The Morgan fingerprint density at radius 3 is 2.95 bits per heavy atom. The van der Waals surface area contributed by atoms with E-state index in [9.17, 15) is 14.9 Å². The zero-order valence-corrected chi connectivity index (χ0v) is 10.0. The molecule has 0 saturated heterocycles. The fourth-order valence-electron chi connectivity index (χ4n) is 1.78. The van der Waals surface area contributed by atoms with Crippen molar-refractivity contribution >= 4 is 11.6 Å². The molecule has 2 aromatic rings. The molecule has 19 heavy (non-hydrogen) atoms. The second-order valence-electron chi connectivity index (χ2n) is 4.04. The monoisotopic (exact) mass is 260 g/mol. The topological polar surface area (TPSA) is 104 Å². The molecule has 1 heterocycles. The van der Waals surface area contributed by atoms with Gasteiger partial charge in [-0.3, -0.25) is 14.9 Å². The highest BCUT2D eigenvalue weighted by molar-refractivity contribution is 5.73. The van der Waals surface area contributed by atoms with E-state index in [2.05, 4.69) is 4.98 Å². The summed E-state index contributed by atoms with van der Waals surface area (Å²) in [4.78, 5) is 25.3. The summed E-state index contributed by atoms with van der Waals surface area (Å²) < 4.78 is 1.63. The second-order valence-corrected chi connectivity index (χ2v) is 4.04. The molecule has 0 spiro atoms. The standard InChI is InChI=1S/C12H12N4O3/c13-11(17)8-15-5-4-14-12(15)7-9-2-1-3-10(6-9)16(18)19/h1-6H,7-8H2,(H2,13,17). The van der Waals surface area contributed by atoms with Gasteiger partial charge < -0.3 is 10.3 Å². The van der Waals surface area contributed by atoms with Crippen LogP contribution in [-0.4, -0.2) is 20.4 Å². The first kappa shape index (κ1) is 12.7. The number of nitrogens with two attached hydrogens (primary N) is 1. The van der Waals surface area contributed by atoms with Crippen molar-refractivity contribution < 1.29 is 9.72 Å². The highest BCUT2D eigenvalue weighted by Crippen LogP contribution is 2.15. The van der Waals surface area contributed by atoms with Crippen molar-refractivity contribution in [2.45, 2.75) is 13.0 Å². The molecule has 0 atom stereocenters. The fourth-order valence-corrected chi connectivity index (χ4v) is 1.78. The van der Waals surface area contributed by atoms with Gasteiger partial charge in [-0.2, -0.15) is 0 Å². The fraction of sp³-hybridized carbons (Fsp3) is 0.167. The van der Waals surface area contributed by atoms with Crippen molar-refractivity contribution in [3.63, 3.8) is 0 Å². The van der Waals surface area contributed by atoms with Crippen LogP contribution in [-0.2, 0) is 17.8 Å². The van der Waals surface area contributed by atoms with Crippen molar-refractivity contribution in [2.75, 3.05) is 0 Å². The first-order valence-corrected chi connectivity index (χ1v) is 5.58. The average Bonchev–Trinajstić information content (AvgIpc) is 2.76. The summed E-state index contributed by atoms with van der Waals surface area (Å²) in [5, 5.41) is 10.7. The number of benzene rings is 1. The van der Waals surface area contributed by atoms with Crippen LogP contribution in [0.5, 0.6) is 0 Å². The van der Waals surface area contributed by atoms with E-state index in [1.807, 2.05) is 0 Å².